The number of hydrogen-bond donors (Lipinski definition) is 1. The van der Waals surface area contributed by atoms with E-state index in [1.54, 1.807) is 7.11 Å². The van der Waals surface area contributed by atoms with Crippen molar-refractivity contribution in [1.29, 1.82) is 0 Å². The molecule has 0 aliphatic rings. The molecule has 1 N–H and O–H groups in total. The highest BCUT2D eigenvalue weighted by Gasteiger charge is 2.12. The number of ether oxygens (including phenoxy) is 1. The lowest BCUT2D eigenvalue weighted by Crippen LogP contribution is -2.41. The van der Waals surface area contributed by atoms with Gasteiger partial charge in [-0.3, -0.25) is 9.59 Å². The summed E-state index contributed by atoms with van der Waals surface area (Å²) in [6.07, 6.45) is 1.42. The van der Waals surface area contributed by atoms with Crippen molar-refractivity contribution >= 4 is 23.4 Å². The van der Waals surface area contributed by atoms with Crippen LogP contribution in [-0.4, -0.2) is 50.1 Å². The summed E-state index contributed by atoms with van der Waals surface area (Å²) in [5, 5.41) is 3.50. The number of carbonyl (C=O) groups is 2. The van der Waals surface area contributed by atoms with E-state index in [2.05, 4.69) is 5.32 Å². The first-order valence-electron chi connectivity index (χ1n) is 7.28. The van der Waals surface area contributed by atoms with E-state index in [9.17, 15) is 9.59 Å². The van der Waals surface area contributed by atoms with Crippen molar-refractivity contribution < 1.29 is 14.3 Å². The average molecular weight is 327 g/mol. The second-order valence-electron chi connectivity index (χ2n) is 5.02. The maximum atomic E-state index is 11.9. The third kappa shape index (κ3) is 7.43. The average Bonchev–Trinajstić information content (AvgIpc) is 2.46. The van der Waals surface area contributed by atoms with E-state index in [0.717, 1.165) is 5.56 Å². The minimum Gasteiger partial charge on any atom is -0.385 e. The van der Waals surface area contributed by atoms with E-state index in [1.165, 1.54) is 11.8 Å². The Kier molecular flexibility index (Phi) is 8.55. The Hall–Kier alpha value is -1.59. The van der Waals surface area contributed by atoms with Crippen LogP contribution in [0.25, 0.3) is 0 Å². The van der Waals surface area contributed by atoms with Gasteiger partial charge in [0.1, 0.15) is 0 Å². The zero-order chi connectivity index (χ0) is 16.4. The number of nitrogens with one attached hydrogen (secondary N) is 1. The molecule has 1 aromatic rings. The third-order valence-electron chi connectivity index (χ3n) is 3.18. The van der Waals surface area contributed by atoms with Gasteiger partial charge in [0.2, 0.25) is 11.8 Å². The molecule has 22 heavy (non-hydrogen) atoms. The predicted molar refractivity (Wildman–Crippen MR) is 86.9 cm³/mol. The van der Waals surface area contributed by atoms with Crippen molar-refractivity contribution in [3.8, 4) is 0 Å². The van der Waals surface area contributed by atoms with Crippen molar-refractivity contribution in [3.05, 3.63) is 34.9 Å². The molecule has 5 nitrogen and oxygen atoms in total. The van der Waals surface area contributed by atoms with E-state index in [4.69, 9.17) is 16.3 Å². The van der Waals surface area contributed by atoms with Gasteiger partial charge in [0.25, 0.3) is 0 Å². The Bertz CT molecular complexity index is 494. The smallest absolute Gasteiger partial charge is 0.239 e. The maximum absolute atomic E-state index is 11.9. The Morgan fingerprint density at radius 2 is 2.14 bits per heavy atom. The van der Waals surface area contributed by atoms with E-state index >= 15 is 0 Å². The van der Waals surface area contributed by atoms with Gasteiger partial charge >= 0.3 is 0 Å². The molecule has 0 saturated heterocycles. The largest absolute Gasteiger partial charge is 0.385 e. The van der Waals surface area contributed by atoms with Crippen molar-refractivity contribution in [2.75, 3.05) is 33.4 Å². The Labute approximate surface area is 136 Å². The quantitative estimate of drug-likeness (QED) is 0.705. The summed E-state index contributed by atoms with van der Waals surface area (Å²) >= 11 is 5.91. The molecule has 0 aliphatic heterocycles. The van der Waals surface area contributed by atoms with Crippen LogP contribution in [0.3, 0.4) is 0 Å². The lowest BCUT2D eigenvalue weighted by atomic mass is 10.1. The zero-order valence-corrected chi connectivity index (χ0v) is 13.9. The highest BCUT2D eigenvalue weighted by molar-refractivity contribution is 6.30. The first kappa shape index (κ1) is 18.5. The fourth-order valence-corrected chi connectivity index (χ4v) is 2.23. The number of halogens is 1. The maximum Gasteiger partial charge on any atom is 0.239 e. The van der Waals surface area contributed by atoms with Crippen LogP contribution in [0.15, 0.2) is 24.3 Å². The first-order chi connectivity index (χ1) is 10.5. The molecule has 0 heterocycles. The second-order valence-corrected chi connectivity index (χ2v) is 5.45. The van der Waals surface area contributed by atoms with Gasteiger partial charge in [0, 0.05) is 38.8 Å². The zero-order valence-electron chi connectivity index (χ0n) is 13.1. The molecule has 0 fully saturated rings. The molecule has 1 aromatic carbocycles. The number of methoxy groups -OCH3 is 1. The molecular formula is C16H23ClN2O3. The number of nitrogens with zero attached hydrogens (tertiary/aromatic N) is 1. The Balaban J connectivity index is 2.32. The summed E-state index contributed by atoms with van der Waals surface area (Å²) in [7, 11) is 1.61. The third-order valence-corrected chi connectivity index (χ3v) is 3.42. The molecule has 0 atom stereocenters. The van der Waals surface area contributed by atoms with E-state index in [1.807, 2.05) is 24.3 Å². The number of carbonyl (C=O) groups excluding carboxylic acids is 2. The molecule has 0 unspecified atom stereocenters. The van der Waals surface area contributed by atoms with Gasteiger partial charge in [-0.25, -0.2) is 0 Å². The van der Waals surface area contributed by atoms with Crippen LogP contribution in [-0.2, 0) is 20.7 Å². The molecular weight excluding hydrogens is 304 g/mol. The van der Waals surface area contributed by atoms with Crippen molar-refractivity contribution in [2.45, 2.75) is 19.8 Å². The van der Waals surface area contributed by atoms with Gasteiger partial charge in [-0.15, -0.1) is 0 Å². The van der Waals surface area contributed by atoms with Crippen LogP contribution < -0.4 is 5.32 Å². The number of hydrogen-bond acceptors (Lipinski definition) is 3. The molecule has 1 rings (SSSR count). The SMILES string of the molecule is COCCCN(CC(=O)NCCc1cccc(Cl)c1)C(C)=O. The molecule has 0 saturated carbocycles. The van der Waals surface area contributed by atoms with Crippen LogP contribution in [0.2, 0.25) is 5.02 Å². The van der Waals surface area contributed by atoms with Crippen molar-refractivity contribution in [3.63, 3.8) is 0 Å². The number of amides is 2. The highest BCUT2D eigenvalue weighted by atomic mass is 35.5. The summed E-state index contributed by atoms with van der Waals surface area (Å²) in [4.78, 5) is 24.9. The Morgan fingerprint density at radius 3 is 2.77 bits per heavy atom. The standard InChI is InChI=1S/C16H23ClN2O3/c1-13(20)19(9-4-10-22-2)12-16(21)18-8-7-14-5-3-6-15(17)11-14/h3,5-6,11H,4,7-10,12H2,1-2H3,(H,18,21). The lowest BCUT2D eigenvalue weighted by molar-refractivity contribution is -0.134. The van der Waals surface area contributed by atoms with Gasteiger partial charge in [-0.1, -0.05) is 23.7 Å². The summed E-state index contributed by atoms with van der Waals surface area (Å²) in [6.45, 7) is 3.15. The molecule has 0 radical (unpaired) electrons. The van der Waals surface area contributed by atoms with Crippen LogP contribution in [0, 0.1) is 0 Å². The fraction of sp³-hybridized carbons (Fsp3) is 0.500. The van der Waals surface area contributed by atoms with Gasteiger partial charge in [-0.2, -0.15) is 0 Å². The molecule has 6 heteroatoms. The predicted octanol–water partition coefficient (Wildman–Crippen LogP) is 1.88. The second kappa shape index (κ2) is 10.2. The van der Waals surface area contributed by atoms with Crippen LogP contribution in [0.1, 0.15) is 18.9 Å². The molecule has 0 bridgehead atoms. The molecule has 0 aromatic heterocycles. The molecule has 0 spiro atoms. The molecule has 122 valence electrons. The van der Waals surface area contributed by atoms with E-state index < -0.39 is 0 Å². The van der Waals surface area contributed by atoms with Crippen molar-refractivity contribution in [1.82, 2.24) is 10.2 Å². The summed E-state index contributed by atoms with van der Waals surface area (Å²) in [5.41, 5.74) is 1.07. The van der Waals surface area contributed by atoms with Gasteiger partial charge in [0.05, 0.1) is 6.54 Å². The van der Waals surface area contributed by atoms with Gasteiger partial charge in [-0.05, 0) is 30.5 Å². The number of benzene rings is 1. The Morgan fingerprint density at radius 1 is 1.36 bits per heavy atom. The van der Waals surface area contributed by atoms with Crippen molar-refractivity contribution in [2.24, 2.45) is 0 Å². The van der Waals surface area contributed by atoms with E-state index in [-0.39, 0.29) is 18.4 Å². The highest BCUT2D eigenvalue weighted by Crippen LogP contribution is 2.10. The summed E-state index contributed by atoms with van der Waals surface area (Å²) in [6, 6.07) is 7.53. The van der Waals surface area contributed by atoms with Gasteiger partial charge in [0.15, 0.2) is 0 Å². The topological polar surface area (TPSA) is 58.6 Å². The van der Waals surface area contributed by atoms with Crippen LogP contribution in [0.5, 0.6) is 0 Å². The first-order valence-corrected chi connectivity index (χ1v) is 7.66. The van der Waals surface area contributed by atoms with Gasteiger partial charge < -0.3 is 15.0 Å². The molecule has 2 amide bonds. The normalized spacial score (nSPS) is 10.3. The number of rotatable bonds is 9. The minimum absolute atomic E-state index is 0.0780. The summed E-state index contributed by atoms with van der Waals surface area (Å²) in [5.74, 6) is -0.268. The molecule has 0 aliphatic carbocycles. The van der Waals surface area contributed by atoms with Crippen LogP contribution >= 0.6 is 11.6 Å². The lowest BCUT2D eigenvalue weighted by Gasteiger charge is -2.20. The van der Waals surface area contributed by atoms with E-state index in [0.29, 0.717) is 37.6 Å². The van der Waals surface area contributed by atoms with Crippen LogP contribution in [0.4, 0.5) is 0 Å². The fourth-order valence-electron chi connectivity index (χ4n) is 2.02. The monoisotopic (exact) mass is 326 g/mol. The minimum atomic E-state index is -0.158. The summed E-state index contributed by atoms with van der Waals surface area (Å²) < 4.78 is 4.95.